The van der Waals surface area contributed by atoms with Crippen LogP contribution < -0.4 is 0 Å². The minimum atomic E-state index is 0.551. The van der Waals surface area contributed by atoms with Crippen LogP contribution in [0.1, 0.15) is 17.0 Å². The van der Waals surface area contributed by atoms with Gasteiger partial charge in [0, 0.05) is 18.8 Å². The molecule has 96 valence electrons. The summed E-state index contributed by atoms with van der Waals surface area (Å²) in [6.45, 7) is 2.12. The molecule has 0 saturated carbocycles. The fourth-order valence-corrected chi connectivity index (χ4v) is 2.46. The van der Waals surface area contributed by atoms with Crippen LogP contribution in [0, 0.1) is 12.8 Å². The minimum absolute atomic E-state index is 0.551. The summed E-state index contributed by atoms with van der Waals surface area (Å²) in [5.74, 6) is 1.60. The number of hydrogen-bond donors (Lipinski definition) is 0. The molecule has 1 heterocycles. The van der Waals surface area contributed by atoms with Crippen LogP contribution in [0.4, 0.5) is 0 Å². The summed E-state index contributed by atoms with van der Waals surface area (Å²) < 4.78 is 1.85. The van der Waals surface area contributed by atoms with Gasteiger partial charge in [-0.3, -0.25) is 4.68 Å². The van der Waals surface area contributed by atoms with Gasteiger partial charge in [-0.05, 0) is 24.8 Å². The first kappa shape index (κ1) is 13.3. The van der Waals surface area contributed by atoms with Gasteiger partial charge in [0.15, 0.2) is 0 Å². The van der Waals surface area contributed by atoms with Crippen molar-refractivity contribution in [2.45, 2.75) is 19.8 Å². The highest BCUT2D eigenvalue weighted by atomic mass is 79.9. The molecule has 3 nitrogen and oxygen atoms in total. The first-order chi connectivity index (χ1) is 8.69. The number of benzene rings is 1. The highest BCUT2D eigenvalue weighted by Crippen LogP contribution is 2.16. The van der Waals surface area contributed by atoms with E-state index in [-0.39, 0.29) is 0 Å². The van der Waals surface area contributed by atoms with Gasteiger partial charge in [0.2, 0.25) is 0 Å². The molecule has 2 aromatic rings. The van der Waals surface area contributed by atoms with E-state index >= 15 is 0 Å². The largest absolute Gasteiger partial charge is 0.253 e. The molecule has 0 bridgehead atoms. The van der Waals surface area contributed by atoms with Crippen molar-refractivity contribution in [1.82, 2.24) is 14.8 Å². The first-order valence-electron chi connectivity index (χ1n) is 6.13. The molecule has 0 aliphatic heterocycles. The van der Waals surface area contributed by atoms with Gasteiger partial charge in [-0.2, -0.15) is 5.10 Å². The fourth-order valence-electron chi connectivity index (χ4n) is 2.00. The van der Waals surface area contributed by atoms with Crippen molar-refractivity contribution in [3.8, 4) is 0 Å². The van der Waals surface area contributed by atoms with E-state index in [9.17, 15) is 0 Å². The van der Waals surface area contributed by atoms with Crippen LogP contribution in [0.3, 0.4) is 0 Å². The number of halogens is 1. The Morgan fingerprint density at radius 3 is 2.50 bits per heavy atom. The van der Waals surface area contributed by atoms with Crippen LogP contribution in [-0.4, -0.2) is 20.1 Å². The lowest BCUT2D eigenvalue weighted by Crippen LogP contribution is -2.13. The summed E-state index contributed by atoms with van der Waals surface area (Å²) in [4.78, 5) is 4.29. The Bertz CT molecular complexity index is 490. The van der Waals surface area contributed by atoms with Crippen LogP contribution in [0.2, 0.25) is 0 Å². The molecule has 1 aromatic carbocycles. The van der Waals surface area contributed by atoms with Crippen LogP contribution in [0.25, 0.3) is 0 Å². The molecule has 0 fully saturated rings. The van der Waals surface area contributed by atoms with Crippen molar-refractivity contribution in [2.75, 3.05) is 5.33 Å². The highest BCUT2D eigenvalue weighted by molar-refractivity contribution is 9.09. The second-order valence-electron chi connectivity index (χ2n) is 4.71. The zero-order valence-corrected chi connectivity index (χ0v) is 12.4. The van der Waals surface area contributed by atoms with Gasteiger partial charge < -0.3 is 0 Å². The average Bonchev–Trinajstić information content (AvgIpc) is 2.77. The van der Waals surface area contributed by atoms with Gasteiger partial charge in [-0.1, -0.05) is 45.8 Å². The van der Waals surface area contributed by atoms with Gasteiger partial charge in [0.05, 0.1) is 0 Å². The average molecular weight is 308 g/mol. The van der Waals surface area contributed by atoms with Gasteiger partial charge in [-0.15, -0.1) is 0 Å². The van der Waals surface area contributed by atoms with E-state index in [0.717, 1.165) is 24.0 Å². The summed E-state index contributed by atoms with van der Waals surface area (Å²) in [6, 6.07) is 8.76. The summed E-state index contributed by atoms with van der Waals surface area (Å²) >= 11 is 3.60. The first-order valence-corrected chi connectivity index (χ1v) is 7.25. The SMILES string of the molecule is Cc1ccc(CC(CBr)Cc2ncnn2C)cc1. The maximum atomic E-state index is 4.29. The lowest BCUT2D eigenvalue weighted by Gasteiger charge is -2.13. The number of alkyl halides is 1. The van der Waals surface area contributed by atoms with E-state index in [1.165, 1.54) is 11.1 Å². The van der Waals surface area contributed by atoms with Gasteiger partial charge in [0.25, 0.3) is 0 Å². The van der Waals surface area contributed by atoms with E-state index in [0.29, 0.717) is 5.92 Å². The van der Waals surface area contributed by atoms with Crippen LogP contribution >= 0.6 is 15.9 Å². The normalized spacial score (nSPS) is 12.6. The monoisotopic (exact) mass is 307 g/mol. The predicted octanol–water partition coefficient (Wildman–Crippen LogP) is 2.92. The number of hydrogen-bond acceptors (Lipinski definition) is 2. The van der Waals surface area contributed by atoms with Crippen molar-refractivity contribution in [2.24, 2.45) is 13.0 Å². The molecule has 0 spiro atoms. The van der Waals surface area contributed by atoms with Gasteiger partial charge >= 0.3 is 0 Å². The maximum Gasteiger partial charge on any atom is 0.138 e. The van der Waals surface area contributed by atoms with Crippen molar-refractivity contribution in [3.63, 3.8) is 0 Å². The molecule has 18 heavy (non-hydrogen) atoms. The molecule has 1 atom stereocenters. The Hall–Kier alpha value is -1.16. The quantitative estimate of drug-likeness (QED) is 0.795. The van der Waals surface area contributed by atoms with Gasteiger partial charge in [0.1, 0.15) is 12.2 Å². The molecule has 0 N–H and O–H groups in total. The Balaban J connectivity index is 2.01. The smallest absolute Gasteiger partial charge is 0.138 e. The third-order valence-corrected chi connectivity index (χ3v) is 4.06. The Labute approximate surface area is 116 Å². The van der Waals surface area contributed by atoms with Crippen molar-refractivity contribution < 1.29 is 0 Å². The number of rotatable bonds is 5. The topological polar surface area (TPSA) is 30.7 Å². The third-order valence-electron chi connectivity index (χ3n) is 3.14. The molecule has 1 aromatic heterocycles. The molecule has 2 rings (SSSR count). The molecule has 0 radical (unpaired) electrons. The van der Waals surface area contributed by atoms with Crippen molar-refractivity contribution in [3.05, 3.63) is 47.5 Å². The standard InChI is InChI=1S/C14H18BrN3/c1-11-3-5-12(6-4-11)7-13(9-15)8-14-16-10-17-18(14)2/h3-6,10,13H,7-9H2,1-2H3. The lowest BCUT2D eigenvalue weighted by atomic mass is 9.97. The molecular weight excluding hydrogens is 290 g/mol. The van der Waals surface area contributed by atoms with Crippen LogP contribution in [0.5, 0.6) is 0 Å². The van der Waals surface area contributed by atoms with Crippen molar-refractivity contribution in [1.29, 1.82) is 0 Å². The van der Waals surface area contributed by atoms with E-state index in [1.54, 1.807) is 6.33 Å². The van der Waals surface area contributed by atoms with Crippen molar-refractivity contribution >= 4 is 15.9 Å². The number of nitrogens with zero attached hydrogens (tertiary/aromatic N) is 3. The summed E-state index contributed by atoms with van der Waals surface area (Å²) in [5, 5.41) is 5.09. The third kappa shape index (κ3) is 3.42. The fraction of sp³-hybridized carbons (Fsp3) is 0.429. The number of aryl methyl sites for hydroxylation is 2. The molecule has 0 saturated heterocycles. The number of aromatic nitrogens is 3. The second-order valence-corrected chi connectivity index (χ2v) is 5.36. The Morgan fingerprint density at radius 2 is 1.94 bits per heavy atom. The summed E-state index contributed by atoms with van der Waals surface area (Å²) in [5.41, 5.74) is 2.69. The molecular formula is C14H18BrN3. The van der Waals surface area contributed by atoms with Crippen LogP contribution in [0.15, 0.2) is 30.6 Å². The summed E-state index contributed by atoms with van der Waals surface area (Å²) in [6.07, 6.45) is 3.64. The molecule has 0 aliphatic carbocycles. The molecule has 0 aliphatic rings. The highest BCUT2D eigenvalue weighted by Gasteiger charge is 2.12. The van der Waals surface area contributed by atoms with Crippen LogP contribution in [-0.2, 0) is 19.9 Å². The summed E-state index contributed by atoms with van der Waals surface area (Å²) in [7, 11) is 1.94. The van der Waals surface area contributed by atoms with E-state index in [2.05, 4.69) is 57.2 Å². The molecule has 1 unspecified atom stereocenters. The second kappa shape index (κ2) is 6.14. The Kier molecular flexibility index (Phi) is 4.53. The predicted molar refractivity (Wildman–Crippen MR) is 76.9 cm³/mol. The van der Waals surface area contributed by atoms with E-state index < -0.39 is 0 Å². The molecule has 4 heteroatoms. The van der Waals surface area contributed by atoms with E-state index in [4.69, 9.17) is 0 Å². The zero-order valence-electron chi connectivity index (χ0n) is 10.8. The molecule has 0 amide bonds. The maximum absolute atomic E-state index is 4.29. The zero-order chi connectivity index (χ0) is 13.0. The lowest BCUT2D eigenvalue weighted by molar-refractivity contribution is 0.548. The Morgan fingerprint density at radius 1 is 1.22 bits per heavy atom. The van der Waals surface area contributed by atoms with Gasteiger partial charge in [-0.25, -0.2) is 4.98 Å². The van der Waals surface area contributed by atoms with E-state index in [1.807, 2.05) is 11.7 Å². The minimum Gasteiger partial charge on any atom is -0.253 e.